The molecule has 1 atom stereocenters. The van der Waals surface area contributed by atoms with Gasteiger partial charge in [0.25, 0.3) is 0 Å². The van der Waals surface area contributed by atoms with Gasteiger partial charge in [0.1, 0.15) is 0 Å². The summed E-state index contributed by atoms with van der Waals surface area (Å²) in [6.07, 6.45) is 3.02. The Balaban J connectivity index is 1.64. The topological polar surface area (TPSA) is 79.4 Å². The number of piperidine rings is 1. The van der Waals surface area contributed by atoms with Crippen molar-refractivity contribution in [1.82, 2.24) is 14.6 Å². The van der Waals surface area contributed by atoms with E-state index in [-0.39, 0.29) is 23.3 Å². The number of carbonyl (C=O) groups is 1. The first-order chi connectivity index (χ1) is 12.5. The SMILES string of the molecule is O=C(NCc1ccccn1)[C@@H]1CCCN(S(=O)(=O)c2ccc(Br)cc2)C1. The number of benzene rings is 1. The number of hydrogen-bond donors (Lipinski definition) is 1. The van der Waals surface area contributed by atoms with E-state index in [0.717, 1.165) is 10.2 Å². The van der Waals surface area contributed by atoms with E-state index in [1.807, 2.05) is 18.2 Å². The highest BCUT2D eigenvalue weighted by molar-refractivity contribution is 9.10. The number of nitrogens with zero attached hydrogens (tertiary/aromatic N) is 2. The maximum absolute atomic E-state index is 12.8. The van der Waals surface area contributed by atoms with Crippen molar-refractivity contribution >= 4 is 31.9 Å². The van der Waals surface area contributed by atoms with E-state index in [2.05, 4.69) is 26.2 Å². The van der Waals surface area contributed by atoms with Gasteiger partial charge in [-0.2, -0.15) is 4.31 Å². The van der Waals surface area contributed by atoms with Crippen LogP contribution in [0.2, 0.25) is 0 Å². The Morgan fingerprint density at radius 1 is 1.23 bits per heavy atom. The maximum Gasteiger partial charge on any atom is 0.243 e. The lowest BCUT2D eigenvalue weighted by Gasteiger charge is -2.31. The highest BCUT2D eigenvalue weighted by Crippen LogP contribution is 2.25. The summed E-state index contributed by atoms with van der Waals surface area (Å²) in [5, 5.41) is 2.86. The molecule has 0 unspecified atom stereocenters. The average Bonchev–Trinajstić information content (AvgIpc) is 2.67. The Morgan fingerprint density at radius 3 is 2.69 bits per heavy atom. The van der Waals surface area contributed by atoms with Gasteiger partial charge < -0.3 is 5.32 Å². The van der Waals surface area contributed by atoms with Crippen LogP contribution in [0, 0.1) is 5.92 Å². The van der Waals surface area contributed by atoms with Gasteiger partial charge >= 0.3 is 0 Å². The zero-order chi connectivity index (χ0) is 18.6. The molecule has 1 amide bonds. The van der Waals surface area contributed by atoms with E-state index in [9.17, 15) is 13.2 Å². The number of rotatable bonds is 5. The first-order valence-electron chi connectivity index (χ1n) is 8.40. The molecule has 26 heavy (non-hydrogen) atoms. The van der Waals surface area contributed by atoms with Crippen molar-refractivity contribution in [2.24, 2.45) is 5.92 Å². The first-order valence-corrected chi connectivity index (χ1v) is 10.6. The zero-order valence-electron chi connectivity index (χ0n) is 14.1. The van der Waals surface area contributed by atoms with Crippen LogP contribution < -0.4 is 5.32 Å². The van der Waals surface area contributed by atoms with Crippen LogP contribution in [0.3, 0.4) is 0 Å². The zero-order valence-corrected chi connectivity index (χ0v) is 16.5. The van der Waals surface area contributed by atoms with E-state index < -0.39 is 10.0 Å². The van der Waals surface area contributed by atoms with Crippen LogP contribution in [0.25, 0.3) is 0 Å². The molecule has 1 fully saturated rings. The second kappa shape index (κ2) is 8.28. The molecule has 0 aliphatic carbocycles. The van der Waals surface area contributed by atoms with Crippen molar-refractivity contribution in [2.75, 3.05) is 13.1 Å². The largest absolute Gasteiger partial charge is 0.350 e. The summed E-state index contributed by atoms with van der Waals surface area (Å²) in [5.41, 5.74) is 0.774. The molecule has 1 aromatic carbocycles. The Bertz CT molecular complexity index is 857. The Hall–Kier alpha value is -1.77. The highest BCUT2D eigenvalue weighted by atomic mass is 79.9. The van der Waals surface area contributed by atoms with Gasteiger partial charge in [-0.15, -0.1) is 0 Å². The van der Waals surface area contributed by atoms with Crippen LogP contribution in [-0.4, -0.2) is 36.7 Å². The fourth-order valence-corrected chi connectivity index (χ4v) is 4.74. The average molecular weight is 438 g/mol. The third-order valence-electron chi connectivity index (χ3n) is 4.38. The predicted molar refractivity (Wildman–Crippen MR) is 102 cm³/mol. The van der Waals surface area contributed by atoms with E-state index >= 15 is 0 Å². The van der Waals surface area contributed by atoms with Crippen molar-refractivity contribution in [3.8, 4) is 0 Å². The second-order valence-corrected chi connectivity index (χ2v) is 9.05. The van der Waals surface area contributed by atoms with Gasteiger partial charge in [0, 0.05) is 23.8 Å². The third-order valence-corrected chi connectivity index (χ3v) is 6.78. The summed E-state index contributed by atoms with van der Waals surface area (Å²) < 4.78 is 27.9. The molecule has 3 rings (SSSR count). The standard InChI is InChI=1S/C18H20BrN3O3S/c19-15-6-8-17(9-7-15)26(24,25)22-11-3-4-14(13-22)18(23)21-12-16-5-1-2-10-20-16/h1-2,5-10,14H,3-4,11-13H2,(H,21,23)/t14-/m1/s1. The van der Waals surface area contributed by atoms with Crippen molar-refractivity contribution < 1.29 is 13.2 Å². The molecule has 1 saturated heterocycles. The van der Waals surface area contributed by atoms with Crippen LogP contribution in [0.4, 0.5) is 0 Å². The number of sulfonamides is 1. The minimum atomic E-state index is -3.59. The maximum atomic E-state index is 12.8. The molecule has 1 aliphatic heterocycles. The molecular formula is C18H20BrN3O3S. The summed E-state index contributed by atoms with van der Waals surface area (Å²) in [7, 11) is -3.59. The fraction of sp³-hybridized carbons (Fsp3) is 0.333. The summed E-state index contributed by atoms with van der Waals surface area (Å²) >= 11 is 3.31. The van der Waals surface area contributed by atoms with Gasteiger partial charge in [0.2, 0.25) is 15.9 Å². The van der Waals surface area contributed by atoms with Gasteiger partial charge in [-0.25, -0.2) is 8.42 Å². The van der Waals surface area contributed by atoms with Crippen LogP contribution in [-0.2, 0) is 21.4 Å². The van der Waals surface area contributed by atoms with Crippen LogP contribution >= 0.6 is 15.9 Å². The lowest BCUT2D eigenvalue weighted by molar-refractivity contribution is -0.126. The minimum absolute atomic E-state index is 0.133. The Labute approximate surface area is 161 Å². The normalized spacial score (nSPS) is 18.4. The molecule has 6 nitrogen and oxygen atoms in total. The van der Waals surface area contributed by atoms with Crippen LogP contribution in [0.15, 0.2) is 58.0 Å². The fourth-order valence-electron chi connectivity index (χ4n) is 2.96. The lowest BCUT2D eigenvalue weighted by atomic mass is 9.99. The number of carbonyl (C=O) groups excluding carboxylic acids is 1. The molecule has 0 bridgehead atoms. The molecule has 0 radical (unpaired) electrons. The smallest absolute Gasteiger partial charge is 0.243 e. The summed E-state index contributed by atoms with van der Waals surface area (Å²) in [6.45, 7) is 0.977. The molecule has 2 heterocycles. The number of hydrogen-bond acceptors (Lipinski definition) is 4. The molecule has 0 saturated carbocycles. The molecule has 0 spiro atoms. The quantitative estimate of drug-likeness (QED) is 0.779. The molecule has 138 valence electrons. The molecule has 1 aliphatic rings. The lowest BCUT2D eigenvalue weighted by Crippen LogP contribution is -2.45. The van der Waals surface area contributed by atoms with Crippen molar-refractivity contribution in [1.29, 1.82) is 0 Å². The van der Waals surface area contributed by atoms with Gasteiger partial charge in [-0.05, 0) is 49.2 Å². The van der Waals surface area contributed by atoms with Gasteiger partial charge in [0.05, 0.1) is 23.1 Å². The monoisotopic (exact) mass is 437 g/mol. The molecule has 1 aromatic heterocycles. The highest BCUT2D eigenvalue weighted by Gasteiger charge is 2.33. The van der Waals surface area contributed by atoms with Crippen molar-refractivity contribution in [3.05, 3.63) is 58.8 Å². The number of aromatic nitrogens is 1. The van der Waals surface area contributed by atoms with Crippen LogP contribution in [0.1, 0.15) is 18.5 Å². The number of nitrogens with one attached hydrogen (secondary N) is 1. The van der Waals surface area contributed by atoms with Crippen molar-refractivity contribution in [3.63, 3.8) is 0 Å². The van der Waals surface area contributed by atoms with E-state index in [4.69, 9.17) is 0 Å². The molecule has 2 aromatic rings. The van der Waals surface area contributed by atoms with Gasteiger partial charge in [-0.1, -0.05) is 22.0 Å². The van der Waals surface area contributed by atoms with E-state index in [1.165, 1.54) is 4.31 Å². The van der Waals surface area contributed by atoms with Crippen molar-refractivity contribution in [2.45, 2.75) is 24.3 Å². The summed E-state index contributed by atoms with van der Waals surface area (Å²) in [5.74, 6) is -0.482. The van der Waals surface area contributed by atoms with Gasteiger partial charge in [-0.3, -0.25) is 9.78 Å². The Morgan fingerprint density at radius 2 is 2.00 bits per heavy atom. The first kappa shape index (κ1) is 19.0. The van der Waals surface area contributed by atoms with Gasteiger partial charge in [0.15, 0.2) is 0 Å². The molecular weight excluding hydrogens is 418 g/mol. The number of amides is 1. The molecule has 8 heteroatoms. The third kappa shape index (κ3) is 4.49. The number of halogens is 1. The van der Waals surface area contributed by atoms with E-state index in [1.54, 1.807) is 30.5 Å². The summed E-state index contributed by atoms with van der Waals surface area (Å²) in [4.78, 5) is 16.9. The predicted octanol–water partition coefficient (Wildman–Crippen LogP) is 2.56. The minimum Gasteiger partial charge on any atom is -0.350 e. The Kier molecular flexibility index (Phi) is 6.05. The second-order valence-electron chi connectivity index (χ2n) is 6.20. The van der Waals surface area contributed by atoms with Crippen LogP contribution in [0.5, 0.6) is 0 Å². The van der Waals surface area contributed by atoms with E-state index in [0.29, 0.717) is 25.9 Å². The number of pyridine rings is 1. The summed E-state index contributed by atoms with van der Waals surface area (Å²) in [6, 6.07) is 12.1. The molecule has 1 N–H and O–H groups in total.